The molecule has 0 bridgehead atoms. The van der Waals surface area contributed by atoms with Gasteiger partial charge in [-0.25, -0.2) is 0 Å². The van der Waals surface area contributed by atoms with Crippen molar-refractivity contribution in [2.75, 3.05) is 0 Å². The summed E-state index contributed by atoms with van der Waals surface area (Å²) in [4.78, 5) is 0. The Morgan fingerprint density at radius 2 is 0.966 bits per heavy atom. The molecule has 7 heteroatoms. The van der Waals surface area contributed by atoms with Crippen LogP contribution in [0.3, 0.4) is 0 Å². The fourth-order valence-corrected chi connectivity index (χ4v) is 2.26. The maximum atomic E-state index is 12.4. The van der Waals surface area contributed by atoms with E-state index in [9.17, 15) is 26.3 Å². The third kappa shape index (κ3) is 9.35. The van der Waals surface area contributed by atoms with Crippen molar-refractivity contribution in [1.29, 1.82) is 0 Å². The van der Waals surface area contributed by atoms with Crippen LogP contribution in [-0.4, -0.2) is 0 Å². The van der Waals surface area contributed by atoms with Gasteiger partial charge in [0.1, 0.15) is 0 Å². The molecule has 2 rings (SSSR count). The Kier molecular flexibility index (Phi) is 9.70. The molecule has 0 aliphatic rings. The molecule has 2 aromatic carbocycles. The lowest BCUT2D eigenvalue weighted by atomic mass is 10.1. The molecule has 0 saturated carbocycles. The molecule has 0 aliphatic carbocycles. The van der Waals surface area contributed by atoms with Crippen molar-refractivity contribution >= 4 is 0 Å². The summed E-state index contributed by atoms with van der Waals surface area (Å²) in [6.45, 7) is 7.38. The van der Waals surface area contributed by atoms with Crippen LogP contribution in [0.5, 0.6) is 0 Å². The monoisotopic (exact) mass is 419 g/mol. The molecule has 0 aliphatic heterocycles. The van der Waals surface area contributed by atoms with Gasteiger partial charge in [0.15, 0.2) is 0 Å². The van der Waals surface area contributed by atoms with Crippen molar-refractivity contribution in [3.8, 4) is 0 Å². The molecule has 1 nitrogen and oxygen atoms in total. The molecule has 0 aromatic heterocycles. The zero-order valence-corrected chi connectivity index (χ0v) is 16.8. The SMILES string of the molecule is CCC(C)CC.FC(F)(F)c1ccc(CNCc2ccc(C(F)(F)F)cc2)cc1. The second-order valence-electron chi connectivity index (χ2n) is 6.91. The predicted molar refractivity (Wildman–Crippen MR) is 103 cm³/mol. The van der Waals surface area contributed by atoms with Gasteiger partial charge in [-0.3, -0.25) is 0 Å². The minimum absolute atomic E-state index is 0.319. The van der Waals surface area contributed by atoms with Crippen LogP contribution in [0.25, 0.3) is 0 Å². The van der Waals surface area contributed by atoms with Crippen molar-refractivity contribution in [2.24, 2.45) is 5.92 Å². The number of alkyl halides is 6. The van der Waals surface area contributed by atoms with Gasteiger partial charge in [-0.15, -0.1) is 0 Å². The lowest BCUT2D eigenvalue weighted by molar-refractivity contribution is -0.138. The minimum atomic E-state index is -4.37. The summed E-state index contributed by atoms with van der Waals surface area (Å²) in [6, 6.07) is 9.44. The van der Waals surface area contributed by atoms with Crippen LogP contribution >= 0.6 is 0 Å². The lowest BCUT2D eigenvalue weighted by Crippen LogP contribution is -2.13. The number of hydrogen-bond acceptors (Lipinski definition) is 1. The first kappa shape index (κ1) is 25.0. The summed E-state index contributed by atoms with van der Waals surface area (Å²) in [7, 11) is 0. The van der Waals surface area contributed by atoms with Gasteiger partial charge >= 0.3 is 12.4 Å². The van der Waals surface area contributed by atoms with E-state index in [0.29, 0.717) is 24.2 Å². The Morgan fingerprint density at radius 3 is 1.17 bits per heavy atom. The average Bonchev–Trinajstić information content (AvgIpc) is 2.67. The first-order valence-electron chi connectivity index (χ1n) is 9.50. The Bertz CT molecular complexity index is 641. The van der Waals surface area contributed by atoms with E-state index in [4.69, 9.17) is 0 Å². The summed E-state index contributed by atoms with van der Waals surface area (Å²) in [5.74, 6) is 0.935. The molecule has 0 atom stereocenters. The predicted octanol–water partition coefficient (Wildman–Crippen LogP) is 7.46. The van der Waals surface area contributed by atoms with E-state index in [1.165, 1.54) is 37.1 Å². The number of halogens is 6. The van der Waals surface area contributed by atoms with E-state index in [2.05, 4.69) is 26.1 Å². The van der Waals surface area contributed by atoms with E-state index < -0.39 is 23.5 Å². The molecule has 0 unspecified atom stereocenters. The van der Waals surface area contributed by atoms with Gasteiger partial charge in [-0.1, -0.05) is 57.9 Å². The summed E-state index contributed by atoms with van der Waals surface area (Å²) in [5, 5.41) is 2.97. The third-order valence-corrected chi connectivity index (χ3v) is 4.61. The summed E-state index contributed by atoms with van der Waals surface area (Å²) >= 11 is 0. The largest absolute Gasteiger partial charge is 0.416 e. The zero-order chi connectivity index (χ0) is 22.1. The van der Waals surface area contributed by atoms with Crippen LogP contribution in [0.15, 0.2) is 48.5 Å². The van der Waals surface area contributed by atoms with Crippen LogP contribution in [0.1, 0.15) is 55.9 Å². The van der Waals surface area contributed by atoms with E-state index in [1.807, 2.05) is 0 Å². The average molecular weight is 419 g/mol. The van der Waals surface area contributed by atoms with Gasteiger partial charge in [-0.05, 0) is 41.3 Å². The Morgan fingerprint density at radius 1 is 0.655 bits per heavy atom. The highest BCUT2D eigenvalue weighted by Crippen LogP contribution is 2.30. The number of rotatable bonds is 6. The molecule has 0 heterocycles. The fraction of sp³-hybridized carbons (Fsp3) is 0.455. The highest BCUT2D eigenvalue weighted by atomic mass is 19.4. The Hall–Kier alpha value is -2.02. The van der Waals surface area contributed by atoms with Gasteiger partial charge in [-0.2, -0.15) is 26.3 Å². The molecular formula is C22H27F6N. The lowest BCUT2D eigenvalue weighted by Gasteiger charge is -2.10. The molecule has 0 amide bonds. The highest BCUT2D eigenvalue weighted by molar-refractivity contribution is 5.26. The molecule has 0 radical (unpaired) electrons. The van der Waals surface area contributed by atoms with Crippen molar-refractivity contribution in [3.63, 3.8) is 0 Å². The van der Waals surface area contributed by atoms with Crippen LogP contribution < -0.4 is 5.32 Å². The third-order valence-electron chi connectivity index (χ3n) is 4.61. The van der Waals surface area contributed by atoms with E-state index in [1.54, 1.807) is 0 Å². The molecular weight excluding hydrogens is 392 g/mol. The van der Waals surface area contributed by atoms with Gasteiger partial charge in [0, 0.05) is 13.1 Å². The van der Waals surface area contributed by atoms with Crippen LogP contribution in [0.4, 0.5) is 26.3 Å². The first-order chi connectivity index (χ1) is 13.5. The maximum Gasteiger partial charge on any atom is 0.416 e. The molecule has 29 heavy (non-hydrogen) atoms. The van der Waals surface area contributed by atoms with E-state index in [0.717, 1.165) is 30.2 Å². The van der Waals surface area contributed by atoms with Gasteiger partial charge < -0.3 is 5.32 Å². The van der Waals surface area contributed by atoms with Crippen LogP contribution in [-0.2, 0) is 25.4 Å². The standard InChI is InChI=1S/C16H13F6N.C6H14/c17-15(18,19)13-5-1-11(2-6-13)9-23-10-12-3-7-14(8-4-12)16(20,21)22;1-4-6(3)5-2/h1-8,23H,9-10H2;6H,4-5H2,1-3H3. The van der Waals surface area contributed by atoms with Crippen LogP contribution in [0.2, 0.25) is 0 Å². The first-order valence-corrected chi connectivity index (χ1v) is 9.50. The second kappa shape index (κ2) is 11.2. The van der Waals surface area contributed by atoms with Crippen molar-refractivity contribution in [3.05, 3.63) is 70.8 Å². The summed E-state index contributed by atoms with van der Waals surface area (Å²) in [5.41, 5.74) is -0.122. The highest BCUT2D eigenvalue weighted by Gasteiger charge is 2.30. The molecule has 0 fully saturated rings. The normalized spacial score (nSPS) is 11.9. The Labute approximate surface area is 168 Å². The minimum Gasteiger partial charge on any atom is -0.309 e. The number of benzene rings is 2. The smallest absolute Gasteiger partial charge is 0.309 e. The Balaban J connectivity index is 0.000000612. The topological polar surface area (TPSA) is 12.0 Å². The number of nitrogens with one attached hydrogen (secondary N) is 1. The summed E-state index contributed by atoms with van der Waals surface area (Å²) in [6.07, 6.45) is -6.08. The number of hydrogen-bond donors (Lipinski definition) is 1. The zero-order valence-electron chi connectivity index (χ0n) is 16.8. The quantitative estimate of drug-likeness (QED) is 0.479. The molecule has 2 aromatic rings. The molecule has 1 N–H and O–H groups in total. The van der Waals surface area contributed by atoms with Gasteiger partial charge in [0.2, 0.25) is 0 Å². The van der Waals surface area contributed by atoms with E-state index in [-0.39, 0.29) is 0 Å². The summed E-state index contributed by atoms with van der Waals surface area (Å²) < 4.78 is 74.5. The van der Waals surface area contributed by atoms with Crippen molar-refractivity contribution < 1.29 is 26.3 Å². The molecule has 0 spiro atoms. The van der Waals surface area contributed by atoms with Crippen LogP contribution in [0, 0.1) is 5.92 Å². The van der Waals surface area contributed by atoms with Crippen molar-refractivity contribution in [2.45, 2.75) is 59.1 Å². The molecule has 0 saturated heterocycles. The fourth-order valence-electron chi connectivity index (χ4n) is 2.26. The van der Waals surface area contributed by atoms with Gasteiger partial charge in [0.05, 0.1) is 11.1 Å². The molecule has 162 valence electrons. The second-order valence-corrected chi connectivity index (χ2v) is 6.91. The van der Waals surface area contributed by atoms with Crippen molar-refractivity contribution in [1.82, 2.24) is 5.32 Å². The van der Waals surface area contributed by atoms with E-state index >= 15 is 0 Å². The maximum absolute atomic E-state index is 12.4. The van der Waals surface area contributed by atoms with Gasteiger partial charge in [0.25, 0.3) is 0 Å².